The van der Waals surface area contributed by atoms with Crippen molar-refractivity contribution in [2.75, 3.05) is 0 Å². The van der Waals surface area contributed by atoms with Gasteiger partial charge in [0, 0.05) is 0 Å². The summed E-state index contributed by atoms with van der Waals surface area (Å²) < 4.78 is 38.3. The zero-order valence-electron chi connectivity index (χ0n) is 11.2. The molecule has 0 aliphatic rings. The van der Waals surface area contributed by atoms with E-state index < -0.39 is 11.7 Å². The van der Waals surface area contributed by atoms with Gasteiger partial charge in [-0.2, -0.15) is 13.2 Å². The molecule has 0 saturated carbocycles. The van der Waals surface area contributed by atoms with Gasteiger partial charge >= 0.3 is 6.18 Å². The van der Waals surface area contributed by atoms with Crippen molar-refractivity contribution in [1.82, 2.24) is 0 Å². The van der Waals surface area contributed by atoms with Crippen LogP contribution in [0.4, 0.5) is 13.2 Å². The summed E-state index contributed by atoms with van der Waals surface area (Å²) in [5.74, 6) is -0.0980. The average molecular weight is 280 g/mol. The second-order valence-electron chi connectivity index (χ2n) is 5.05. The van der Waals surface area contributed by atoms with Crippen LogP contribution in [-0.4, -0.2) is 5.11 Å². The first-order chi connectivity index (χ1) is 9.27. The summed E-state index contributed by atoms with van der Waals surface area (Å²) in [6.45, 7) is 4.03. The predicted octanol–water partition coefficient (Wildman–Crippen LogP) is 5.20. The van der Waals surface area contributed by atoms with Crippen molar-refractivity contribution in [3.8, 4) is 16.9 Å². The fourth-order valence-electron chi connectivity index (χ4n) is 2.02. The zero-order valence-corrected chi connectivity index (χ0v) is 11.2. The molecule has 0 radical (unpaired) electrons. The molecule has 0 bridgehead atoms. The number of halogens is 3. The third kappa shape index (κ3) is 3.13. The molecule has 2 rings (SSSR count). The Bertz CT molecular complexity index is 615. The van der Waals surface area contributed by atoms with Crippen LogP contribution in [-0.2, 0) is 6.18 Å². The van der Waals surface area contributed by atoms with E-state index in [0.29, 0.717) is 11.1 Å². The van der Waals surface area contributed by atoms with Gasteiger partial charge in [-0.3, -0.25) is 0 Å². The normalized spacial score (nSPS) is 11.9. The Morgan fingerprint density at radius 2 is 1.65 bits per heavy atom. The van der Waals surface area contributed by atoms with E-state index in [1.165, 1.54) is 6.07 Å². The first-order valence-corrected chi connectivity index (χ1v) is 6.29. The molecule has 0 unspecified atom stereocenters. The highest BCUT2D eigenvalue weighted by Gasteiger charge is 2.31. The Hall–Kier alpha value is -1.97. The highest BCUT2D eigenvalue weighted by molar-refractivity contribution is 5.67. The van der Waals surface area contributed by atoms with Crippen LogP contribution in [0.15, 0.2) is 42.5 Å². The number of phenols is 1. The Kier molecular flexibility index (Phi) is 3.75. The molecular formula is C16H15F3O. The standard InChI is InChI=1S/C16H15F3O/c1-10(2)11-4-3-5-12(6-11)13-7-14(16(17,18)19)9-15(20)8-13/h3-10,20H,1-2H3. The average Bonchev–Trinajstić information content (AvgIpc) is 2.37. The first-order valence-electron chi connectivity index (χ1n) is 6.29. The third-order valence-corrected chi connectivity index (χ3v) is 3.13. The summed E-state index contributed by atoms with van der Waals surface area (Å²) in [5, 5.41) is 9.50. The molecule has 2 aromatic carbocycles. The molecule has 20 heavy (non-hydrogen) atoms. The molecule has 4 heteroatoms. The Balaban J connectivity index is 2.53. The second-order valence-corrected chi connectivity index (χ2v) is 5.05. The summed E-state index contributed by atoms with van der Waals surface area (Å²) in [6, 6.07) is 10.5. The molecule has 0 aromatic heterocycles. The summed E-state index contributed by atoms with van der Waals surface area (Å²) in [5.41, 5.74) is 1.22. The minimum absolute atomic E-state index is 0.286. The minimum Gasteiger partial charge on any atom is -0.508 e. The third-order valence-electron chi connectivity index (χ3n) is 3.13. The van der Waals surface area contributed by atoms with Crippen molar-refractivity contribution in [1.29, 1.82) is 0 Å². The van der Waals surface area contributed by atoms with Crippen LogP contribution in [0.3, 0.4) is 0 Å². The predicted molar refractivity (Wildman–Crippen MR) is 72.6 cm³/mol. The maximum Gasteiger partial charge on any atom is 0.416 e. The number of hydrogen-bond acceptors (Lipinski definition) is 1. The molecule has 0 saturated heterocycles. The van der Waals surface area contributed by atoms with Gasteiger partial charge in [-0.05, 0) is 40.8 Å². The molecular weight excluding hydrogens is 265 g/mol. The van der Waals surface area contributed by atoms with Gasteiger partial charge in [0.05, 0.1) is 5.56 Å². The fraction of sp³-hybridized carbons (Fsp3) is 0.250. The highest BCUT2D eigenvalue weighted by atomic mass is 19.4. The molecule has 0 atom stereocenters. The van der Waals surface area contributed by atoms with Gasteiger partial charge in [-0.1, -0.05) is 38.1 Å². The van der Waals surface area contributed by atoms with E-state index in [-0.39, 0.29) is 11.7 Å². The number of alkyl halides is 3. The smallest absolute Gasteiger partial charge is 0.416 e. The number of hydrogen-bond donors (Lipinski definition) is 1. The van der Waals surface area contributed by atoms with Crippen molar-refractivity contribution in [3.63, 3.8) is 0 Å². The molecule has 0 aliphatic carbocycles. The molecule has 1 nitrogen and oxygen atoms in total. The minimum atomic E-state index is -4.47. The number of benzene rings is 2. The Morgan fingerprint density at radius 3 is 2.25 bits per heavy atom. The summed E-state index contributed by atoms with van der Waals surface area (Å²) in [7, 11) is 0. The SMILES string of the molecule is CC(C)c1cccc(-c2cc(O)cc(C(F)(F)F)c2)c1. The van der Waals surface area contributed by atoms with Crippen LogP contribution in [0.25, 0.3) is 11.1 Å². The van der Waals surface area contributed by atoms with Crippen LogP contribution >= 0.6 is 0 Å². The molecule has 0 fully saturated rings. The van der Waals surface area contributed by atoms with Crippen LogP contribution < -0.4 is 0 Å². The topological polar surface area (TPSA) is 20.2 Å². The van der Waals surface area contributed by atoms with Crippen LogP contribution in [0.5, 0.6) is 5.75 Å². The summed E-state index contributed by atoms with van der Waals surface area (Å²) in [6.07, 6.45) is -4.47. The molecule has 2 aromatic rings. The molecule has 0 aliphatic heterocycles. The fourth-order valence-corrected chi connectivity index (χ4v) is 2.02. The Morgan fingerprint density at radius 1 is 0.950 bits per heavy atom. The van der Waals surface area contributed by atoms with Crippen molar-refractivity contribution < 1.29 is 18.3 Å². The van der Waals surface area contributed by atoms with E-state index in [1.807, 2.05) is 32.0 Å². The first kappa shape index (κ1) is 14.4. The molecule has 0 amide bonds. The number of phenolic OH excluding ortho intramolecular Hbond substituents is 1. The summed E-state index contributed by atoms with van der Waals surface area (Å²) in [4.78, 5) is 0. The molecule has 0 spiro atoms. The zero-order chi connectivity index (χ0) is 14.9. The van der Waals surface area contributed by atoms with E-state index in [4.69, 9.17) is 0 Å². The van der Waals surface area contributed by atoms with E-state index >= 15 is 0 Å². The largest absolute Gasteiger partial charge is 0.508 e. The van der Waals surface area contributed by atoms with Crippen molar-refractivity contribution in [2.45, 2.75) is 25.9 Å². The molecule has 106 valence electrons. The monoisotopic (exact) mass is 280 g/mol. The lowest BCUT2D eigenvalue weighted by molar-refractivity contribution is -0.137. The Labute approximate surface area is 115 Å². The van der Waals surface area contributed by atoms with E-state index in [9.17, 15) is 18.3 Å². The van der Waals surface area contributed by atoms with Gasteiger partial charge in [-0.25, -0.2) is 0 Å². The highest BCUT2D eigenvalue weighted by Crippen LogP contribution is 2.35. The van der Waals surface area contributed by atoms with E-state index in [1.54, 1.807) is 6.07 Å². The van der Waals surface area contributed by atoms with Crippen LogP contribution in [0.2, 0.25) is 0 Å². The quantitative estimate of drug-likeness (QED) is 0.801. The number of aromatic hydroxyl groups is 1. The van der Waals surface area contributed by atoms with Crippen LogP contribution in [0, 0.1) is 0 Å². The van der Waals surface area contributed by atoms with Crippen molar-refractivity contribution in [3.05, 3.63) is 53.6 Å². The van der Waals surface area contributed by atoms with Gasteiger partial charge in [0.25, 0.3) is 0 Å². The van der Waals surface area contributed by atoms with Crippen LogP contribution in [0.1, 0.15) is 30.9 Å². The van der Waals surface area contributed by atoms with Gasteiger partial charge in [0.2, 0.25) is 0 Å². The van der Waals surface area contributed by atoms with Gasteiger partial charge in [-0.15, -0.1) is 0 Å². The van der Waals surface area contributed by atoms with Crippen molar-refractivity contribution >= 4 is 0 Å². The van der Waals surface area contributed by atoms with Crippen molar-refractivity contribution in [2.24, 2.45) is 0 Å². The van der Waals surface area contributed by atoms with E-state index in [0.717, 1.165) is 17.7 Å². The number of rotatable bonds is 2. The lowest BCUT2D eigenvalue weighted by atomic mass is 9.96. The molecule has 0 heterocycles. The maximum absolute atomic E-state index is 12.8. The maximum atomic E-state index is 12.8. The molecule has 1 N–H and O–H groups in total. The van der Waals surface area contributed by atoms with Gasteiger partial charge in [0.15, 0.2) is 0 Å². The summed E-state index contributed by atoms with van der Waals surface area (Å²) >= 11 is 0. The van der Waals surface area contributed by atoms with Gasteiger partial charge in [0.1, 0.15) is 5.75 Å². The lowest BCUT2D eigenvalue weighted by Crippen LogP contribution is -2.04. The lowest BCUT2D eigenvalue weighted by Gasteiger charge is -2.12. The van der Waals surface area contributed by atoms with E-state index in [2.05, 4.69) is 0 Å². The second kappa shape index (κ2) is 5.19. The van der Waals surface area contributed by atoms with Gasteiger partial charge < -0.3 is 5.11 Å².